The van der Waals surface area contributed by atoms with Gasteiger partial charge in [0.15, 0.2) is 5.76 Å². The Kier molecular flexibility index (Phi) is 10.4. The molecule has 3 N–H and O–H groups in total. The summed E-state index contributed by atoms with van der Waals surface area (Å²) in [6.45, 7) is 8.34. The molecule has 6 aliphatic carbocycles. The molecule has 6 aliphatic rings. The molecule has 0 aliphatic heterocycles. The Hall–Kier alpha value is -4.26. The predicted molar refractivity (Wildman–Crippen MR) is 221 cm³/mol. The number of hydrogen-bond acceptors (Lipinski definition) is 7. The van der Waals surface area contributed by atoms with E-state index in [1.165, 1.54) is 18.2 Å². The Labute approximate surface area is 353 Å². The quantitative estimate of drug-likeness (QED) is 0.137. The van der Waals surface area contributed by atoms with Gasteiger partial charge >= 0.3 is 12.2 Å². The molecular weight excluding hydrogens is 797 g/mol. The van der Waals surface area contributed by atoms with Gasteiger partial charge in [-0.3, -0.25) is 4.79 Å². The van der Waals surface area contributed by atoms with Crippen molar-refractivity contribution in [3.63, 3.8) is 0 Å². The van der Waals surface area contributed by atoms with E-state index in [0.29, 0.717) is 55.6 Å². The second-order valence-electron chi connectivity index (χ2n) is 18.6. The van der Waals surface area contributed by atoms with Gasteiger partial charge in [0, 0.05) is 45.1 Å². The minimum atomic E-state index is -4.61. The standard InChI is InChI=1S/C47H54ClF3N2O7/c1-27(2)52-41(56)53(25-28-7-9-31(58-5)22-37(28)59-6)26-45(57)18-15-39-43(45,4)17-14-38-42(3)16-13-30(54)23-44(42)19-20-46(38,39)33(24-44)40(55)36-12-11-35(60-36)32-21-29(47(49,50)51)8-10-34(32)48/h7-12,19-22,24,27,30,38-39,54,57H,13-18,23,25-26H2,1-6H3,(H,52,56). The van der Waals surface area contributed by atoms with Crippen LogP contribution in [0.5, 0.6) is 11.5 Å². The fraction of sp³-hybridized carbons (Fsp3) is 0.532. The van der Waals surface area contributed by atoms with E-state index in [1.54, 1.807) is 25.2 Å². The number of amides is 2. The van der Waals surface area contributed by atoms with Crippen molar-refractivity contribution in [1.29, 1.82) is 0 Å². The van der Waals surface area contributed by atoms with Crippen molar-refractivity contribution in [2.75, 3.05) is 20.8 Å². The van der Waals surface area contributed by atoms with Gasteiger partial charge in [-0.05, 0) is 119 Å². The molecule has 3 saturated carbocycles. The second-order valence-corrected chi connectivity index (χ2v) is 19.0. The average molecular weight is 851 g/mol. The fourth-order valence-electron chi connectivity index (χ4n) is 12.3. The Morgan fingerprint density at radius 3 is 2.38 bits per heavy atom. The number of urea groups is 1. The van der Waals surface area contributed by atoms with E-state index in [4.69, 9.17) is 25.5 Å². The summed E-state index contributed by atoms with van der Waals surface area (Å²) >= 11 is 6.40. The highest BCUT2D eigenvalue weighted by atomic mass is 35.5. The van der Waals surface area contributed by atoms with Gasteiger partial charge in [-0.15, -0.1) is 0 Å². The lowest BCUT2D eigenvalue weighted by molar-refractivity contribution is -0.175. The summed E-state index contributed by atoms with van der Waals surface area (Å²) in [5.41, 5.74) is -3.50. The molecule has 1 aromatic heterocycles. The molecule has 1 heterocycles. The molecule has 9 nitrogen and oxygen atoms in total. The van der Waals surface area contributed by atoms with Crippen LogP contribution in [0, 0.1) is 33.5 Å². The first-order valence-corrected chi connectivity index (χ1v) is 21.2. The number of carbonyl (C=O) groups is 2. The number of allylic oxidation sites excluding steroid dienone is 4. The molecule has 3 aromatic rings. The van der Waals surface area contributed by atoms with E-state index >= 15 is 4.79 Å². The SMILES string of the molecule is COc1ccc(CN(CC2(O)CCC3C45C=CC6(C=C4C(=O)c4ccc(-c7cc(C(F)(F)F)ccc7Cl)o4)CC(O)CCC6(C)C5CCC32C)C(=O)NC(C)C)c(OC)c1. The number of nitrogens with zero attached hydrogens (tertiary/aromatic N) is 1. The molecule has 2 spiro atoms. The number of nitrogens with one attached hydrogen (secondary N) is 1. The lowest BCUT2D eigenvalue weighted by Gasteiger charge is -2.71. The molecule has 9 rings (SSSR count). The van der Waals surface area contributed by atoms with Crippen molar-refractivity contribution in [3.8, 4) is 22.8 Å². The number of alkyl halides is 3. The average Bonchev–Trinajstić information content (AvgIpc) is 3.79. The number of ether oxygens (including phenoxy) is 2. The highest BCUT2D eigenvalue weighted by Gasteiger charge is 2.74. The summed E-state index contributed by atoms with van der Waals surface area (Å²) in [5, 5.41) is 27.3. The van der Waals surface area contributed by atoms with Crippen LogP contribution in [-0.4, -0.2) is 65.4 Å². The number of halogens is 4. The number of rotatable bonds is 10. The molecule has 8 unspecified atom stereocenters. The minimum Gasteiger partial charge on any atom is -0.497 e. The summed E-state index contributed by atoms with van der Waals surface area (Å²) in [5.74, 6) is 0.517. The van der Waals surface area contributed by atoms with Crippen LogP contribution in [0.25, 0.3) is 11.3 Å². The molecule has 2 amide bonds. The summed E-state index contributed by atoms with van der Waals surface area (Å²) in [4.78, 5) is 30.8. The molecule has 13 heteroatoms. The Morgan fingerprint density at radius 1 is 0.967 bits per heavy atom. The fourth-order valence-corrected chi connectivity index (χ4v) is 12.5. The maximum Gasteiger partial charge on any atom is 0.416 e. The van der Waals surface area contributed by atoms with Crippen molar-refractivity contribution in [3.05, 3.63) is 94.2 Å². The van der Waals surface area contributed by atoms with E-state index in [9.17, 15) is 28.2 Å². The zero-order valence-electron chi connectivity index (χ0n) is 34.9. The number of hydrogen-bond donors (Lipinski definition) is 3. The summed E-state index contributed by atoms with van der Waals surface area (Å²) in [6, 6.07) is 10.9. The van der Waals surface area contributed by atoms with Crippen molar-refractivity contribution in [1.82, 2.24) is 10.2 Å². The highest BCUT2D eigenvalue weighted by molar-refractivity contribution is 6.33. The van der Waals surface area contributed by atoms with E-state index in [1.807, 2.05) is 26.0 Å². The summed E-state index contributed by atoms with van der Waals surface area (Å²) in [6.07, 6.45) is 5.38. The third-order valence-corrected chi connectivity index (χ3v) is 15.7. The second kappa shape index (κ2) is 14.7. The van der Waals surface area contributed by atoms with Crippen molar-refractivity contribution in [2.45, 2.75) is 103 Å². The normalized spacial score (nSPS) is 32.8. The van der Waals surface area contributed by atoms with Gasteiger partial charge in [0.25, 0.3) is 0 Å². The topological polar surface area (TPSA) is 121 Å². The Morgan fingerprint density at radius 2 is 1.68 bits per heavy atom. The van der Waals surface area contributed by atoms with Crippen LogP contribution in [-0.2, 0) is 12.7 Å². The molecule has 322 valence electrons. The molecule has 8 atom stereocenters. The van der Waals surface area contributed by atoms with Crippen LogP contribution in [0.15, 0.2) is 76.7 Å². The molecule has 2 aromatic carbocycles. The van der Waals surface area contributed by atoms with Gasteiger partial charge in [0.2, 0.25) is 5.78 Å². The largest absolute Gasteiger partial charge is 0.497 e. The minimum absolute atomic E-state index is 0.0200. The van der Waals surface area contributed by atoms with Gasteiger partial charge < -0.3 is 34.3 Å². The molecule has 0 radical (unpaired) electrons. The number of methoxy groups -OCH3 is 2. The molecule has 2 bridgehead atoms. The molecule has 3 fully saturated rings. The van der Waals surface area contributed by atoms with Gasteiger partial charge in [0.05, 0.1) is 49.6 Å². The first kappa shape index (κ1) is 42.4. The Bertz CT molecular complexity index is 2270. The van der Waals surface area contributed by atoms with Crippen LogP contribution < -0.4 is 14.8 Å². The van der Waals surface area contributed by atoms with E-state index in [-0.39, 0.29) is 70.3 Å². The lowest BCUT2D eigenvalue weighted by atomic mass is 9.32. The number of ketones is 1. The van der Waals surface area contributed by atoms with Crippen molar-refractivity contribution in [2.24, 2.45) is 33.5 Å². The smallest absolute Gasteiger partial charge is 0.416 e. The number of aliphatic hydroxyl groups excluding tert-OH is 1. The summed E-state index contributed by atoms with van der Waals surface area (Å²) < 4.78 is 58.4. The number of aliphatic hydroxyl groups is 2. The first-order chi connectivity index (χ1) is 28.2. The molecule has 60 heavy (non-hydrogen) atoms. The van der Waals surface area contributed by atoms with Gasteiger partial charge in [-0.2, -0.15) is 13.2 Å². The maximum atomic E-state index is 15.2. The van der Waals surface area contributed by atoms with E-state index < -0.39 is 39.7 Å². The third kappa shape index (κ3) is 6.41. The van der Waals surface area contributed by atoms with Crippen LogP contribution in [0.4, 0.5) is 18.0 Å². The van der Waals surface area contributed by atoms with E-state index in [2.05, 4.69) is 37.4 Å². The number of benzene rings is 2. The van der Waals surface area contributed by atoms with Gasteiger partial charge in [-0.1, -0.05) is 43.7 Å². The van der Waals surface area contributed by atoms with Crippen LogP contribution in [0.2, 0.25) is 5.02 Å². The van der Waals surface area contributed by atoms with Crippen LogP contribution >= 0.6 is 11.6 Å². The monoisotopic (exact) mass is 850 g/mol. The lowest BCUT2D eigenvalue weighted by Crippen LogP contribution is -2.67. The number of carbonyl (C=O) groups excluding carboxylic acids is 2. The Balaban J connectivity index is 1.19. The first-order valence-electron chi connectivity index (χ1n) is 20.9. The van der Waals surface area contributed by atoms with Crippen LogP contribution in [0.1, 0.15) is 94.3 Å². The molecular formula is C47H54ClF3N2O7. The zero-order chi connectivity index (χ0) is 43.2. The number of fused-ring (bicyclic) bond motifs is 1. The maximum absolute atomic E-state index is 15.2. The number of furan rings is 1. The van der Waals surface area contributed by atoms with Gasteiger partial charge in [-0.25, -0.2) is 4.79 Å². The highest BCUT2D eigenvalue weighted by Crippen LogP contribution is 2.78. The predicted octanol–water partition coefficient (Wildman–Crippen LogP) is 10.0. The number of Topliss-reactive ketones (excluding diaryl/α,β-unsaturated/α-hetero) is 1. The molecule has 0 saturated heterocycles. The van der Waals surface area contributed by atoms with Crippen molar-refractivity contribution >= 4 is 23.4 Å². The zero-order valence-corrected chi connectivity index (χ0v) is 35.7. The van der Waals surface area contributed by atoms with Crippen LogP contribution in [0.3, 0.4) is 0 Å². The van der Waals surface area contributed by atoms with E-state index in [0.717, 1.165) is 24.1 Å². The van der Waals surface area contributed by atoms with Crippen molar-refractivity contribution < 1.29 is 46.9 Å². The third-order valence-electron chi connectivity index (χ3n) is 15.4. The van der Waals surface area contributed by atoms with Gasteiger partial charge in [0.1, 0.15) is 17.3 Å². The summed E-state index contributed by atoms with van der Waals surface area (Å²) in [7, 11) is 3.13.